The normalized spacial score (nSPS) is 16.2. The number of benzene rings is 3. The molecule has 3 aromatic rings. The Kier molecular flexibility index (Phi) is 7.88. The Labute approximate surface area is 214 Å². The minimum absolute atomic E-state index is 0.0963. The molecule has 1 aliphatic rings. The van der Waals surface area contributed by atoms with Gasteiger partial charge < -0.3 is 19.7 Å². The smallest absolute Gasteiger partial charge is 0.251 e. The molecule has 4 rings (SSSR count). The summed E-state index contributed by atoms with van der Waals surface area (Å²) < 4.78 is 10.6. The Morgan fingerprint density at radius 3 is 2.40 bits per heavy atom. The van der Waals surface area contributed by atoms with Gasteiger partial charge in [-0.2, -0.15) is 0 Å². The summed E-state index contributed by atoms with van der Waals surface area (Å²) in [5.41, 5.74) is 3.47. The molecule has 0 saturated carbocycles. The molecule has 1 fully saturated rings. The van der Waals surface area contributed by atoms with E-state index in [1.54, 1.807) is 38.1 Å². The predicted octanol–water partition coefficient (Wildman–Crippen LogP) is 5.62. The Morgan fingerprint density at radius 1 is 1.06 bits per heavy atom. The van der Waals surface area contributed by atoms with Crippen LogP contribution in [-0.2, 0) is 11.3 Å². The van der Waals surface area contributed by atoms with Crippen LogP contribution in [-0.4, -0.2) is 36.7 Å². The zero-order valence-electron chi connectivity index (χ0n) is 19.8. The van der Waals surface area contributed by atoms with E-state index in [2.05, 4.69) is 5.32 Å². The molecular formula is C27H27ClN2O4S. The number of ether oxygens (including phenoxy) is 2. The van der Waals surface area contributed by atoms with Crippen LogP contribution in [0.5, 0.6) is 11.5 Å². The van der Waals surface area contributed by atoms with Crippen molar-refractivity contribution in [3.05, 3.63) is 94.0 Å². The van der Waals surface area contributed by atoms with Gasteiger partial charge in [0.2, 0.25) is 5.91 Å². The van der Waals surface area contributed by atoms with Crippen molar-refractivity contribution in [1.29, 1.82) is 0 Å². The molecule has 2 atom stereocenters. The second kappa shape index (κ2) is 11.1. The van der Waals surface area contributed by atoms with Crippen LogP contribution in [0.3, 0.4) is 0 Å². The summed E-state index contributed by atoms with van der Waals surface area (Å²) in [7, 11) is 3.17. The predicted molar refractivity (Wildman–Crippen MR) is 139 cm³/mol. The van der Waals surface area contributed by atoms with Gasteiger partial charge in [-0.3, -0.25) is 9.59 Å². The highest BCUT2D eigenvalue weighted by molar-refractivity contribution is 8.00. The third-order valence-electron chi connectivity index (χ3n) is 5.95. The molecule has 3 aromatic carbocycles. The highest BCUT2D eigenvalue weighted by Gasteiger charge is 2.32. The zero-order chi connectivity index (χ0) is 24.9. The first-order chi connectivity index (χ1) is 16.9. The zero-order valence-corrected chi connectivity index (χ0v) is 21.4. The molecular weight excluding hydrogens is 484 g/mol. The summed E-state index contributed by atoms with van der Waals surface area (Å²) in [5, 5.41) is 3.60. The SMILES string of the molecule is COc1ccc([C@H](C)NC(=O)c2ccc([C@H]3SCC(=O)N3Cc3ccc(Cl)cc3)cc2)cc1OC. The van der Waals surface area contributed by atoms with E-state index >= 15 is 0 Å². The van der Waals surface area contributed by atoms with Crippen LogP contribution in [0.15, 0.2) is 66.7 Å². The fraction of sp³-hybridized carbons (Fsp3) is 0.259. The second-order valence-corrected chi connectivity index (χ2v) is 9.75. The van der Waals surface area contributed by atoms with Crippen LogP contribution in [0.4, 0.5) is 0 Å². The van der Waals surface area contributed by atoms with Crippen LogP contribution < -0.4 is 14.8 Å². The highest BCUT2D eigenvalue weighted by atomic mass is 35.5. The molecule has 6 nitrogen and oxygen atoms in total. The van der Waals surface area contributed by atoms with Crippen molar-refractivity contribution in [1.82, 2.24) is 10.2 Å². The van der Waals surface area contributed by atoms with Gasteiger partial charge in [0.15, 0.2) is 11.5 Å². The van der Waals surface area contributed by atoms with Crippen molar-refractivity contribution in [2.75, 3.05) is 20.0 Å². The van der Waals surface area contributed by atoms with Crippen LogP contribution in [0.1, 0.15) is 45.4 Å². The topological polar surface area (TPSA) is 67.9 Å². The van der Waals surface area contributed by atoms with E-state index in [1.165, 1.54) is 0 Å². The molecule has 0 unspecified atom stereocenters. The summed E-state index contributed by atoms with van der Waals surface area (Å²) in [6.45, 7) is 2.43. The number of thioether (sulfide) groups is 1. The number of methoxy groups -OCH3 is 2. The maximum absolute atomic E-state index is 12.9. The number of rotatable bonds is 8. The Bertz CT molecular complexity index is 1200. The fourth-order valence-corrected chi connectivity index (χ4v) is 5.29. The lowest BCUT2D eigenvalue weighted by Crippen LogP contribution is -2.28. The lowest BCUT2D eigenvalue weighted by atomic mass is 10.1. The van der Waals surface area contributed by atoms with Crippen LogP contribution in [0.2, 0.25) is 5.02 Å². The molecule has 35 heavy (non-hydrogen) atoms. The van der Waals surface area contributed by atoms with E-state index in [4.69, 9.17) is 21.1 Å². The number of nitrogens with one attached hydrogen (secondary N) is 1. The van der Waals surface area contributed by atoms with Gasteiger partial charge in [-0.1, -0.05) is 41.9 Å². The number of carbonyl (C=O) groups excluding carboxylic acids is 2. The van der Waals surface area contributed by atoms with Crippen LogP contribution in [0.25, 0.3) is 0 Å². The molecule has 1 heterocycles. The number of halogens is 1. The van der Waals surface area contributed by atoms with Crippen molar-refractivity contribution >= 4 is 35.2 Å². The molecule has 0 radical (unpaired) electrons. The average molecular weight is 511 g/mol. The largest absolute Gasteiger partial charge is 0.493 e. The van der Waals surface area contributed by atoms with Gasteiger partial charge in [-0.25, -0.2) is 0 Å². The minimum Gasteiger partial charge on any atom is -0.493 e. The molecule has 1 N–H and O–H groups in total. The van der Waals surface area contributed by atoms with Gasteiger partial charge in [0, 0.05) is 17.1 Å². The third kappa shape index (κ3) is 5.74. The number of nitrogens with zero attached hydrogens (tertiary/aromatic N) is 1. The summed E-state index contributed by atoms with van der Waals surface area (Å²) in [4.78, 5) is 27.3. The third-order valence-corrected chi connectivity index (χ3v) is 7.46. The van der Waals surface area contributed by atoms with Gasteiger partial charge >= 0.3 is 0 Å². The lowest BCUT2D eigenvalue weighted by Gasteiger charge is -2.24. The first kappa shape index (κ1) is 24.9. The van der Waals surface area contributed by atoms with Gasteiger partial charge in [-0.15, -0.1) is 11.8 Å². The minimum atomic E-state index is -0.222. The molecule has 182 valence electrons. The van der Waals surface area contributed by atoms with E-state index in [9.17, 15) is 9.59 Å². The summed E-state index contributed by atoms with van der Waals surface area (Å²) in [6, 6.07) is 20.3. The number of amides is 2. The van der Waals surface area contributed by atoms with Gasteiger partial charge in [0.05, 0.1) is 26.0 Å². The first-order valence-corrected chi connectivity index (χ1v) is 12.6. The molecule has 0 aromatic heterocycles. The Hall–Kier alpha value is -3.16. The molecule has 0 aliphatic carbocycles. The van der Waals surface area contributed by atoms with Crippen LogP contribution in [0, 0.1) is 0 Å². The number of carbonyl (C=O) groups is 2. The Balaban J connectivity index is 1.43. The highest BCUT2D eigenvalue weighted by Crippen LogP contribution is 2.39. The Morgan fingerprint density at radius 2 is 1.74 bits per heavy atom. The molecule has 1 saturated heterocycles. The standard InChI is InChI=1S/C27H27ClN2O4S/c1-17(21-10-13-23(33-2)24(14-21)34-3)29-26(32)19-6-8-20(9-7-19)27-30(25(31)16-35-27)15-18-4-11-22(28)12-5-18/h4-14,17,27H,15-16H2,1-3H3,(H,29,32)/t17-,27+/m0/s1. The summed E-state index contributed by atoms with van der Waals surface area (Å²) >= 11 is 7.58. The molecule has 1 aliphatic heterocycles. The van der Waals surface area contributed by atoms with E-state index in [0.29, 0.717) is 34.4 Å². The fourth-order valence-electron chi connectivity index (χ4n) is 3.97. The molecule has 0 bridgehead atoms. The molecule has 8 heteroatoms. The van der Waals surface area contributed by atoms with E-state index in [1.807, 2.05) is 66.4 Å². The number of hydrogen-bond donors (Lipinski definition) is 1. The van der Waals surface area contributed by atoms with Gasteiger partial charge in [-0.05, 0) is 60.0 Å². The van der Waals surface area contributed by atoms with E-state index in [0.717, 1.165) is 16.7 Å². The molecule has 2 amide bonds. The van der Waals surface area contributed by atoms with Crippen molar-refractivity contribution in [2.24, 2.45) is 0 Å². The van der Waals surface area contributed by atoms with Crippen molar-refractivity contribution < 1.29 is 19.1 Å². The molecule has 0 spiro atoms. The lowest BCUT2D eigenvalue weighted by molar-refractivity contribution is -0.128. The first-order valence-electron chi connectivity index (χ1n) is 11.2. The van der Waals surface area contributed by atoms with Gasteiger partial charge in [0.1, 0.15) is 5.37 Å². The summed E-state index contributed by atoms with van der Waals surface area (Å²) in [6.07, 6.45) is 0. The van der Waals surface area contributed by atoms with Gasteiger partial charge in [0.25, 0.3) is 5.91 Å². The van der Waals surface area contributed by atoms with Crippen LogP contribution >= 0.6 is 23.4 Å². The second-order valence-electron chi connectivity index (χ2n) is 8.24. The van der Waals surface area contributed by atoms with Crippen molar-refractivity contribution in [3.8, 4) is 11.5 Å². The number of hydrogen-bond acceptors (Lipinski definition) is 5. The maximum Gasteiger partial charge on any atom is 0.251 e. The van der Waals surface area contributed by atoms with Crippen molar-refractivity contribution in [2.45, 2.75) is 24.9 Å². The van der Waals surface area contributed by atoms with E-state index in [-0.39, 0.29) is 23.2 Å². The average Bonchev–Trinajstić information content (AvgIpc) is 3.24. The quantitative estimate of drug-likeness (QED) is 0.426. The summed E-state index contributed by atoms with van der Waals surface area (Å²) in [5.74, 6) is 1.61. The maximum atomic E-state index is 12.9. The monoisotopic (exact) mass is 510 g/mol. The van der Waals surface area contributed by atoms with E-state index < -0.39 is 0 Å². The van der Waals surface area contributed by atoms with Crippen molar-refractivity contribution in [3.63, 3.8) is 0 Å².